The molecular weight excluding hydrogens is 359 g/mol. The minimum absolute atomic E-state index is 0.390. The van der Waals surface area contributed by atoms with E-state index in [9.17, 15) is 4.57 Å². The molecule has 2 rings (SSSR count). The fraction of sp³-hybridized carbons (Fsp3) is 0.182. The number of hydrogen-bond acceptors (Lipinski definition) is 4. The number of phosphoric ester groups is 1. The van der Waals surface area contributed by atoms with Gasteiger partial charge in [0.25, 0.3) is 0 Å². The van der Waals surface area contributed by atoms with Crippen molar-refractivity contribution in [2.45, 2.75) is 26.4 Å². The molecule has 0 saturated heterocycles. The van der Waals surface area contributed by atoms with E-state index in [-0.39, 0.29) is 0 Å². The summed E-state index contributed by atoms with van der Waals surface area (Å²) in [5.41, 5.74) is 0. The summed E-state index contributed by atoms with van der Waals surface area (Å²) in [5.74, 6) is 6.45. The highest BCUT2D eigenvalue weighted by Crippen LogP contribution is 2.52. The van der Waals surface area contributed by atoms with E-state index < -0.39 is 13.9 Å². The predicted molar refractivity (Wildman–Crippen MR) is 109 cm³/mol. The minimum atomic E-state index is -3.94. The molecule has 140 valence electrons. The van der Waals surface area contributed by atoms with Gasteiger partial charge in [0.15, 0.2) is 6.10 Å². The van der Waals surface area contributed by atoms with E-state index in [1.54, 1.807) is 61.6 Å². The van der Waals surface area contributed by atoms with Gasteiger partial charge in [-0.15, -0.1) is 0 Å². The smallest absolute Gasteiger partial charge is 0.400 e. The Morgan fingerprint density at radius 2 is 2.04 bits per heavy atom. The fourth-order valence-electron chi connectivity index (χ4n) is 2.02. The maximum Gasteiger partial charge on any atom is 0.588 e. The quantitative estimate of drug-likeness (QED) is 0.169. The van der Waals surface area contributed by atoms with Crippen LogP contribution in [-0.4, -0.2) is 6.10 Å². The van der Waals surface area contributed by atoms with Crippen LogP contribution >= 0.6 is 7.82 Å². The van der Waals surface area contributed by atoms with E-state index in [2.05, 4.69) is 11.8 Å². The summed E-state index contributed by atoms with van der Waals surface area (Å²) in [6.07, 6.45) is 16.5. The molecule has 2 unspecified atom stereocenters. The maximum absolute atomic E-state index is 13.2. The second kappa shape index (κ2) is 11.1. The third kappa shape index (κ3) is 8.00. The minimum Gasteiger partial charge on any atom is -0.400 e. The average molecular weight is 382 g/mol. The van der Waals surface area contributed by atoms with Crippen LogP contribution in [0, 0.1) is 11.8 Å². The van der Waals surface area contributed by atoms with Crippen molar-refractivity contribution in [3.05, 3.63) is 90.8 Å². The van der Waals surface area contributed by atoms with Crippen molar-refractivity contribution in [2.24, 2.45) is 0 Å². The van der Waals surface area contributed by atoms with E-state index >= 15 is 0 Å². The van der Waals surface area contributed by atoms with Crippen LogP contribution in [0.5, 0.6) is 5.75 Å². The lowest BCUT2D eigenvalue weighted by atomic mass is 10.3. The molecule has 0 aliphatic heterocycles. The van der Waals surface area contributed by atoms with Crippen LogP contribution in [0.2, 0.25) is 0 Å². The summed E-state index contributed by atoms with van der Waals surface area (Å²) in [7, 11) is -3.94. The van der Waals surface area contributed by atoms with Gasteiger partial charge in [-0.2, -0.15) is 0 Å². The Kier molecular flexibility index (Phi) is 8.45. The van der Waals surface area contributed by atoms with Crippen molar-refractivity contribution >= 4 is 7.82 Å². The molecule has 4 nitrogen and oxygen atoms in total. The highest BCUT2D eigenvalue weighted by Gasteiger charge is 2.33. The highest BCUT2D eigenvalue weighted by atomic mass is 31.2. The molecule has 1 aromatic rings. The number of hydrogen-bond donors (Lipinski definition) is 0. The zero-order valence-corrected chi connectivity index (χ0v) is 16.3. The van der Waals surface area contributed by atoms with Crippen molar-refractivity contribution in [2.75, 3.05) is 0 Å². The average Bonchev–Trinajstić information content (AvgIpc) is 2.90. The van der Waals surface area contributed by atoms with Gasteiger partial charge in [-0.05, 0) is 50.6 Å². The number of para-hydroxylation sites is 1. The van der Waals surface area contributed by atoms with Crippen molar-refractivity contribution in [1.82, 2.24) is 0 Å². The van der Waals surface area contributed by atoms with Crippen LogP contribution in [0.3, 0.4) is 0 Å². The summed E-state index contributed by atoms with van der Waals surface area (Å²) in [6.45, 7) is 3.66. The fourth-order valence-corrected chi connectivity index (χ4v) is 3.34. The first-order valence-electron chi connectivity index (χ1n) is 8.63. The molecule has 0 spiro atoms. The zero-order chi connectivity index (χ0) is 19.4. The topological polar surface area (TPSA) is 44.8 Å². The van der Waals surface area contributed by atoms with Crippen molar-refractivity contribution in [3.63, 3.8) is 0 Å². The Hall–Kier alpha value is -2.73. The molecule has 1 aliphatic carbocycles. The maximum atomic E-state index is 13.2. The lowest BCUT2D eigenvalue weighted by molar-refractivity contribution is 0.177. The molecule has 0 N–H and O–H groups in total. The van der Waals surface area contributed by atoms with Crippen LogP contribution in [0.4, 0.5) is 0 Å². The molecule has 0 saturated carbocycles. The third-order valence-corrected chi connectivity index (χ3v) is 4.67. The largest absolute Gasteiger partial charge is 0.588 e. The molecule has 0 bridgehead atoms. The SMILES string of the molecule is C/C=C\C/C=C\C=C(/C)OP(=O)(Oc1ccccc1)OC1C#CC=CC=C1. The van der Waals surface area contributed by atoms with E-state index in [1.165, 1.54) is 0 Å². The molecule has 27 heavy (non-hydrogen) atoms. The number of rotatable bonds is 9. The Balaban J connectivity index is 2.15. The van der Waals surface area contributed by atoms with E-state index in [4.69, 9.17) is 13.6 Å². The summed E-state index contributed by atoms with van der Waals surface area (Å²) in [6, 6.07) is 8.77. The van der Waals surface area contributed by atoms with Gasteiger partial charge >= 0.3 is 7.82 Å². The first kappa shape index (κ1) is 20.6. The Labute approximate surface area is 161 Å². The molecule has 2 atom stereocenters. The molecule has 0 fully saturated rings. The van der Waals surface area contributed by atoms with Gasteiger partial charge in [-0.25, -0.2) is 9.09 Å². The van der Waals surface area contributed by atoms with Gasteiger partial charge in [0.2, 0.25) is 0 Å². The van der Waals surface area contributed by atoms with Crippen LogP contribution in [0.15, 0.2) is 90.8 Å². The molecule has 0 aromatic heterocycles. The van der Waals surface area contributed by atoms with Gasteiger partial charge in [0.1, 0.15) is 11.5 Å². The van der Waals surface area contributed by atoms with Crippen molar-refractivity contribution < 1.29 is 18.1 Å². The predicted octanol–water partition coefficient (Wildman–Crippen LogP) is 6.13. The lowest BCUT2D eigenvalue weighted by Crippen LogP contribution is -2.10. The number of allylic oxidation sites excluding steroid dienone is 9. The van der Waals surface area contributed by atoms with Gasteiger partial charge in [0, 0.05) is 0 Å². The molecule has 0 heterocycles. The Morgan fingerprint density at radius 3 is 2.81 bits per heavy atom. The summed E-state index contributed by atoms with van der Waals surface area (Å²) in [4.78, 5) is 0. The first-order chi connectivity index (χ1) is 13.1. The Morgan fingerprint density at radius 1 is 1.22 bits per heavy atom. The summed E-state index contributed by atoms with van der Waals surface area (Å²) in [5, 5.41) is 0. The first-order valence-corrected chi connectivity index (χ1v) is 10.1. The standard InChI is InChI=1S/C22H23O4P/c1-3-4-5-6-10-15-20(2)24-27(23,26-22-18-13-9-14-19-22)25-21-16-11-7-8-12-17-21/h3-4,6-11,13-16,18-19,21H,5H2,1-2H3/b4-3-,10-6-,20-15+. The van der Waals surface area contributed by atoms with Gasteiger partial charge in [-0.3, -0.25) is 0 Å². The van der Waals surface area contributed by atoms with E-state index in [1.807, 2.05) is 37.3 Å². The second-order valence-electron chi connectivity index (χ2n) is 5.51. The van der Waals surface area contributed by atoms with Crippen LogP contribution < -0.4 is 4.52 Å². The monoisotopic (exact) mass is 382 g/mol. The third-order valence-electron chi connectivity index (χ3n) is 3.24. The normalized spacial score (nSPS) is 18.7. The summed E-state index contributed by atoms with van der Waals surface area (Å²) >= 11 is 0. The van der Waals surface area contributed by atoms with Gasteiger partial charge in [-0.1, -0.05) is 66.5 Å². The van der Waals surface area contributed by atoms with E-state index in [0.29, 0.717) is 11.5 Å². The van der Waals surface area contributed by atoms with Crippen LogP contribution in [0.1, 0.15) is 20.3 Å². The van der Waals surface area contributed by atoms with Crippen molar-refractivity contribution in [3.8, 4) is 17.6 Å². The summed E-state index contributed by atoms with van der Waals surface area (Å²) < 4.78 is 30.0. The number of benzene rings is 1. The van der Waals surface area contributed by atoms with Gasteiger partial charge in [0.05, 0.1) is 0 Å². The van der Waals surface area contributed by atoms with Gasteiger partial charge < -0.3 is 9.05 Å². The van der Waals surface area contributed by atoms with E-state index in [0.717, 1.165) is 6.42 Å². The molecule has 5 heteroatoms. The molecular formula is C22H23O4P. The van der Waals surface area contributed by atoms with Crippen LogP contribution in [0.25, 0.3) is 0 Å². The van der Waals surface area contributed by atoms with Crippen molar-refractivity contribution in [1.29, 1.82) is 0 Å². The molecule has 0 amide bonds. The molecule has 1 aliphatic rings. The number of phosphoric acid groups is 1. The van der Waals surface area contributed by atoms with Crippen LogP contribution in [-0.2, 0) is 13.6 Å². The second-order valence-corrected chi connectivity index (χ2v) is 6.98. The highest BCUT2D eigenvalue weighted by molar-refractivity contribution is 7.49. The molecule has 1 aromatic carbocycles. The molecule has 0 radical (unpaired) electrons. The Bertz CT molecular complexity index is 851. The zero-order valence-electron chi connectivity index (χ0n) is 15.4. The lowest BCUT2D eigenvalue weighted by Gasteiger charge is -2.20.